The Bertz CT molecular complexity index is 496. The topological polar surface area (TPSA) is 58.7 Å². The van der Waals surface area contributed by atoms with E-state index in [1.54, 1.807) is 5.01 Å². The molecule has 1 aromatic carbocycles. The molecule has 21 heavy (non-hydrogen) atoms. The van der Waals surface area contributed by atoms with Crippen LogP contribution in [0, 0.1) is 11.8 Å². The number of hydrogen-bond donors (Lipinski definition) is 1. The van der Waals surface area contributed by atoms with Gasteiger partial charge >= 0.3 is 0 Å². The van der Waals surface area contributed by atoms with Crippen molar-refractivity contribution in [3.05, 3.63) is 35.9 Å². The molecule has 1 aromatic rings. The Morgan fingerprint density at radius 3 is 2.62 bits per heavy atom. The van der Waals surface area contributed by atoms with Gasteiger partial charge in [-0.3, -0.25) is 4.79 Å². The lowest BCUT2D eigenvalue weighted by Gasteiger charge is -2.14. The molecule has 0 saturated carbocycles. The first-order valence-electron chi connectivity index (χ1n) is 7.77. The summed E-state index contributed by atoms with van der Waals surface area (Å²) in [6.07, 6.45) is 2.60. The average molecular weight is 287 g/mol. The first kappa shape index (κ1) is 15.7. The van der Waals surface area contributed by atoms with Gasteiger partial charge in [-0.1, -0.05) is 44.2 Å². The maximum Gasteiger partial charge on any atom is 0.251 e. The van der Waals surface area contributed by atoms with E-state index in [-0.39, 0.29) is 11.8 Å². The number of carbonyl (C=O) groups is 1. The third-order valence-electron chi connectivity index (χ3n) is 3.87. The fourth-order valence-corrected chi connectivity index (χ4v) is 2.76. The summed E-state index contributed by atoms with van der Waals surface area (Å²) < 4.78 is 0. The van der Waals surface area contributed by atoms with Gasteiger partial charge in [0, 0.05) is 6.54 Å². The molecule has 0 spiro atoms. The molecule has 0 aliphatic carbocycles. The van der Waals surface area contributed by atoms with Crippen molar-refractivity contribution < 1.29 is 4.79 Å². The smallest absolute Gasteiger partial charge is 0.251 e. The number of nitrogens with two attached hydrogens (primary N) is 1. The van der Waals surface area contributed by atoms with Gasteiger partial charge < -0.3 is 5.73 Å². The monoisotopic (exact) mass is 287 g/mol. The zero-order valence-corrected chi connectivity index (χ0v) is 13.0. The Labute approximate surface area is 127 Å². The van der Waals surface area contributed by atoms with E-state index in [0.717, 1.165) is 18.6 Å². The number of amides is 1. The minimum Gasteiger partial charge on any atom is -0.330 e. The molecule has 1 unspecified atom stereocenters. The Morgan fingerprint density at radius 1 is 1.29 bits per heavy atom. The molecule has 4 heteroatoms. The summed E-state index contributed by atoms with van der Waals surface area (Å²) in [6.45, 7) is 5.39. The minimum atomic E-state index is -0.105. The van der Waals surface area contributed by atoms with E-state index >= 15 is 0 Å². The van der Waals surface area contributed by atoms with Gasteiger partial charge in [0.25, 0.3) is 5.91 Å². The van der Waals surface area contributed by atoms with Crippen molar-refractivity contribution in [1.29, 1.82) is 0 Å². The van der Waals surface area contributed by atoms with Gasteiger partial charge in [-0.2, -0.15) is 5.10 Å². The van der Waals surface area contributed by atoms with Crippen LogP contribution in [0.3, 0.4) is 0 Å². The van der Waals surface area contributed by atoms with Gasteiger partial charge in [-0.25, -0.2) is 5.01 Å². The second-order valence-electron chi connectivity index (χ2n) is 5.86. The number of hydrogen-bond acceptors (Lipinski definition) is 3. The highest BCUT2D eigenvalue weighted by Gasteiger charge is 2.35. The third kappa shape index (κ3) is 3.91. The highest BCUT2D eigenvalue weighted by atomic mass is 16.2. The van der Waals surface area contributed by atoms with E-state index in [1.165, 1.54) is 5.56 Å². The molecule has 0 fully saturated rings. The van der Waals surface area contributed by atoms with Gasteiger partial charge in [0.05, 0.1) is 11.6 Å². The maximum absolute atomic E-state index is 12.4. The molecule has 1 atom stereocenters. The van der Waals surface area contributed by atoms with Gasteiger partial charge in [-0.15, -0.1) is 0 Å². The van der Waals surface area contributed by atoms with Crippen molar-refractivity contribution in [3.63, 3.8) is 0 Å². The predicted molar refractivity (Wildman–Crippen MR) is 85.9 cm³/mol. The molecule has 2 rings (SSSR count). The zero-order chi connectivity index (χ0) is 15.2. The lowest BCUT2D eigenvalue weighted by molar-refractivity contribution is -0.131. The van der Waals surface area contributed by atoms with E-state index in [9.17, 15) is 4.79 Å². The highest BCUT2D eigenvalue weighted by molar-refractivity contribution is 6.08. The molecule has 0 aromatic heterocycles. The van der Waals surface area contributed by atoms with E-state index < -0.39 is 0 Å². The fourth-order valence-electron chi connectivity index (χ4n) is 2.76. The quantitative estimate of drug-likeness (QED) is 0.837. The van der Waals surface area contributed by atoms with Gasteiger partial charge in [0.2, 0.25) is 0 Å². The number of nitrogens with zero attached hydrogens (tertiary/aromatic N) is 2. The normalized spacial score (nSPS) is 18.5. The number of hydrazone groups is 1. The molecule has 1 heterocycles. The van der Waals surface area contributed by atoms with Crippen LogP contribution >= 0.6 is 0 Å². The second kappa shape index (κ2) is 7.36. The summed E-state index contributed by atoms with van der Waals surface area (Å²) in [6, 6.07) is 10.3. The van der Waals surface area contributed by atoms with Crippen molar-refractivity contribution in [2.75, 3.05) is 13.1 Å². The molecular formula is C17H25N3O. The first-order chi connectivity index (χ1) is 10.1. The lowest BCUT2D eigenvalue weighted by Crippen LogP contribution is -2.31. The van der Waals surface area contributed by atoms with Crippen molar-refractivity contribution >= 4 is 11.6 Å². The zero-order valence-electron chi connectivity index (χ0n) is 13.0. The largest absolute Gasteiger partial charge is 0.330 e. The van der Waals surface area contributed by atoms with Crippen LogP contribution in [0.15, 0.2) is 35.4 Å². The Morgan fingerprint density at radius 2 is 2.00 bits per heavy atom. The van der Waals surface area contributed by atoms with Crippen LogP contribution < -0.4 is 5.73 Å². The molecule has 114 valence electrons. The molecule has 0 saturated heterocycles. The Kier molecular flexibility index (Phi) is 5.51. The predicted octanol–water partition coefficient (Wildman–Crippen LogP) is 2.44. The molecule has 2 N–H and O–H groups in total. The van der Waals surface area contributed by atoms with Crippen molar-refractivity contribution in [1.82, 2.24) is 5.01 Å². The number of benzene rings is 1. The van der Waals surface area contributed by atoms with Crippen LogP contribution in [0.25, 0.3) is 0 Å². The van der Waals surface area contributed by atoms with E-state index in [0.29, 0.717) is 25.4 Å². The average Bonchev–Trinajstić information content (AvgIpc) is 2.78. The second-order valence-corrected chi connectivity index (χ2v) is 5.86. The summed E-state index contributed by atoms with van der Waals surface area (Å²) in [5.41, 5.74) is 7.92. The van der Waals surface area contributed by atoms with Crippen molar-refractivity contribution in [2.45, 2.75) is 33.1 Å². The van der Waals surface area contributed by atoms with Gasteiger partial charge in [-0.05, 0) is 37.3 Å². The van der Waals surface area contributed by atoms with E-state index in [2.05, 4.69) is 31.1 Å². The van der Waals surface area contributed by atoms with Crippen LogP contribution in [-0.2, 0) is 11.2 Å². The Balaban J connectivity index is 1.92. The molecule has 1 amide bonds. The van der Waals surface area contributed by atoms with Crippen LogP contribution in [0.1, 0.15) is 32.3 Å². The van der Waals surface area contributed by atoms with Crippen LogP contribution in [-0.4, -0.2) is 29.7 Å². The summed E-state index contributed by atoms with van der Waals surface area (Å²) in [5.74, 6) is 0.313. The van der Waals surface area contributed by atoms with E-state index in [1.807, 2.05) is 18.2 Å². The molecule has 4 nitrogen and oxygen atoms in total. The Hall–Kier alpha value is -1.68. The summed E-state index contributed by atoms with van der Waals surface area (Å²) in [4.78, 5) is 12.4. The van der Waals surface area contributed by atoms with Gasteiger partial charge in [0.15, 0.2) is 0 Å². The molecular weight excluding hydrogens is 262 g/mol. The number of aryl methyl sites for hydroxylation is 1. The standard InChI is InChI=1S/C17H25N3O/c1-13(2)16-15(10-11-18)17(21)20(19-16)12-6-9-14-7-4-3-5-8-14/h3-5,7-8,13,15H,6,9-12,18H2,1-2H3. The van der Waals surface area contributed by atoms with E-state index in [4.69, 9.17) is 5.73 Å². The highest BCUT2D eigenvalue weighted by Crippen LogP contribution is 2.23. The first-order valence-corrected chi connectivity index (χ1v) is 7.77. The third-order valence-corrected chi connectivity index (χ3v) is 3.87. The van der Waals surface area contributed by atoms with Crippen LogP contribution in [0.4, 0.5) is 0 Å². The summed E-state index contributed by atoms with van der Waals surface area (Å²) in [7, 11) is 0. The molecule has 1 aliphatic rings. The van der Waals surface area contributed by atoms with Gasteiger partial charge in [0.1, 0.15) is 0 Å². The maximum atomic E-state index is 12.4. The molecule has 0 radical (unpaired) electrons. The van der Waals surface area contributed by atoms with Crippen molar-refractivity contribution in [2.24, 2.45) is 22.7 Å². The van der Waals surface area contributed by atoms with Crippen LogP contribution in [0.2, 0.25) is 0 Å². The van der Waals surface area contributed by atoms with Crippen molar-refractivity contribution in [3.8, 4) is 0 Å². The summed E-state index contributed by atoms with van der Waals surface area (Å²) >= 11 is 0. The molecule has 0 bridgehead atoms. The lowest BCUT2D eigenvalue weighted by atomic mass is 9.92. The molecule has 1 aliphatic heterocycles. The SMILES string of the molecule is CC(C)C1=NN(CCCc2ccccc2)C(=O)C1CCN. The fraction of sp³-hybridized carbons (Fsp3) is 0.529. The minimum absolute atomic E-state index is 0.105. The summed E-state index contributed by atoms with van der Waals surface area (Å²) in [5, 5.41) is 6.20. The number of carbonyl (C=O) groups excluding carboxylic acids is 1. The number of rotatable bonds is 7. The van der Waals surface area contributed by atoms with Crippen LogP contribution in [0.5, 0.6) is 0 Å².